The first kappa shape index (κ1) is 22.3. The maximum atomic E-state index is 11.9. The molecule has 3 aromatic rings. The Bertz CT molecular complexity index is 1240. The lowest BCUT2D eigenvalue weighted by atomic mass is 9.95. The topological polar surface area (TPSA) is 100 Å². The quantitative estimate of drug-likeness (QED) is 0.606. The minimum Gasteiger partial charge on any atom is -0.392 e. The van der Waals surface area contributed by atoms with E-state index in [9.17, 15) is 13.5 Å². The summed E-state index contributed by atoms with van der Waals surface area (Å²) in [5, 5.41) is 14.6. The Hall–Kier alpha value is -2.53. The van der Waals surface area contributed by atoms with E-state index in [-0.39, 0.29) is 12.5 Å². The third-order valence-electron chi connectivity index (χ3n) is 6.57. The Morgan fingerprint density at radius 2 is 1.88 bits per heavy atom. The van der Waals surface area contributed by atoms with Crippen LogP contribution in [0.4, 0.5) is 5.69 Å². The smallest absolute Gasteiger partial charge is 0.211 e. The van der Waals surface area contributed by atoms with E-state index in [0.717, 1.165) is 59.8 Å². The summed E-state index contributed by atoms with van der Waals surface area (Å²) in [6.07, 6.45) is 4.63. The second-order valence-electron chi connectivity index (χ2n) is 8.73. The van der Waals surface area contributed by atoms with Crippen molar-refractivity contribution in [3.8, 4) is 11.3 Å². The highest BCUT2D eigenvalue weighted by atomic mass is 32.2. The van der Waals surface area contributed by atoms with E-state index in [0.29, 0.717) is 26.3 Å². The number of sulfonamides is 1. The molecule has 0 unspecified atom stereocenters. The molecular formula is C23H29N5O4S. The molecule has 176 valence electrons. The van der Waals surface area contributed by atoms with Crippen LogP contribution in [0.3, 0.4) is 0 Å². The van der Waals surface area contributed by atoms with Crippen molar-refractivity contribution in [3.63, 3.8) is 0 Å². The average Bonchev–Trinajstić information content (AvgIpc) is 3.27. The lowest BCUT2D eigenvalue weighted by molar-refractivity contribution is 0.123. The number of fused-ring (bicyclic) bond motifs is 1. The maximum absolute atomic E-state index is 11.9. The van der Waals surface area contributed by atoms with Crippen molar-refractivity contribution >= 4 is 21.4 Å². The molecule has 0 amide bonds. The van der Waals surface area contributed by atoms with Crippen LogP contribution in [0.25, 0.3) is 16.9 Å². The summed E-state index contributed by atoms with van der Waals surface area (Å²) in [5.41, 5.74) is 5.41. The predicted octanol–water partition coefficient (Wildman–Crippen LogP) is 1.86. The fourth-order valence-corrected chi connectivity index (χ4v) is 5.61. The summed E-state index contributed by atoms with van der Waals surface area (Å²) in [7, 11) is -3.17. The molecule has 1 N–H and O–H groups in total. The van der Waals surface area contributed by atoms with Crippen LogP contribution in [0.2, 0.25) is 0 Å². The second kappa shape index (κ2) is 9.02. The zero-order chi connectivity index (χ0) is 23.0. The zero-order valence-corrected chi connectivity index (χ0v) is 19.5. The minimum absolute atomic E-state index is 0.0261. The number of ether oxygens (including phenoxy) is 1. The number of aromatic nitrogens is 3. The number of imidazole rings is 1. The van der Waals surface area contributed by atoms with Gasteiger partial charge in [0.05, 0.1) is 49.3 Å². The normalized spacial score (nSPS) is 18.8. The van der Waals surface area contributed by atoms with Crippen LogP contribution in [0.5, 0.6) is 0 Å². The Labute approximate surface area is 193 Å². The molecule has 0 aliphatic carbocycles. The van der Waals surface area contributed by atoms with Gasteiger partial charge in [-0.3, -0.25) is 0 Å². The van der Waals surface area contributed by atoms with Crippen LogP contribution in [-0.2, 0) is 21.4 Å². The van der Waals surface area contributed by atoms with Crippen molar-refractivity contribution in [2.75, 3.05) is 50.5 Å². The van der Waals surface area contributed by atoms with Crippen molar-refractivity contribution in [3.05, 3.63) is 47.8 Å². The highest BCUT2D eigenvalue weighted by Gasteiger charge is 2.29. The number of anilines is 1. The molecule has 10 heteroatoms. The van der Waals surface area contributed by atoms with Gasteiger partial charge in [-0.2, -0.15) is 5.10 Å². The molecule has 0 spiro atoms. The number of aliphatic hydroxyl groups is 1. The van der Waals surface area contributed by atoms with Crippen molar-refractivity contribution in [1.29, 1.82) is 0 Å². The monoisotopic (exact) mass is 471 g/mol. The van der Waals surface area contributed by atoms with Crippen LogP contribution in [0.15, 0.2) is 36.5 Å². The molecule has 0 atom stereocenters. The lowest BCUT2D eigenvalue weighted by Crippen LogP contribution is -2.37. The van der Waals surface area contributed by atoms with Gasteiger partial charge in [0, 0.05) is 37.7 Å². The highest BCUT2D eigenvalue weighted by Crippen LogP contribution is 2.33. The van der Waals surface area contributed by atoms with E-state index in [1.165, 1.54) is 6.26 Å². The molecule has 4 heterocycles. The van der Waals surface area contributed by atoms with Gasteiger partial charge in [0.25, 0.3) is 0 Å². The third-order valence-corrected chi connectivity index (χ3v) is 7.88. The van der Waals surface area contributed by atoms with Gasteiger partial charge in [0.15, 0.2) is 5.65 Å². The summed E-state index contributed by atoms with van der Waals surface area (Å²) in [6.45, 7) is 3.89. The van der Waals surface area contributed by atoms with Crippen LogP contribution in [0, 0.1) is 0 Å². The summed E-state index contributed by atoms with van der Waals surface area (Å²) >= 11 is 0. The molecule has 5 rings (SSSR count). The molecule has 2 aromatic heterocycles. The third kappa shape index (κ3) is 4.48. The van der Waals surface area contributed by atoms with Crippen LogP contribution < -0.4 is 4.90 Å². The van der Waals surface area contributed by atoms with Gasteiger partial charge < -0.3 is 14.7 Å². The maximum Gasteiger partial charge on any atom is 0.211 e. The molecule has 2 saturated heterocycles. The Morgan fingerprint density at radius 3 is 2.58 bits per heavy atom. The van der Waals surface area contributed by atoms with Gasteiger partial charge in [0.1, 0.15) is 0 Å². The summed E-state index contributed by atoms with van der Waals surface area (Å²) in [4.78, 5) is 7.03. The van der Waals surface area contributed by atoms with Crippen molar-refractivity contribution in [2.45, 2.75) is 25.4 Å². The molecule has 0 saturated carbocycles. The van der Waals surface area contributed by atoms with E-state index < -0.39 is 10.0 Å². The standard InChI is InChI=1S/C23H29N5O4S/c1-33(30,31)27-7-5-18(6-8-27)22-15-24-23-21(26-9-11-32-12-10-26)14-20(25-28(22)23)19-4-2-3-17(13-19)16-29/h2-4,13-15,18,29H,5-12,16H2,1H3. The van der Waals surface area contributed by atoms with Crippen molar-refractivity contribution < 1.29 is 18.3 Å². The first-order chi connectivity index (χ1) is 15.9. The van der Waals surface area contributed by atoms with Crippen molar-refractivity contribution in [2.24, 2.45) is 0 Å². The molecule has 0 radical (unpaired) electrons. The fourth-order valence-electron chi connectivity index (χ4n) is 4.74. The molecule has 2 aliphatic rings. The van der Waals surface area contributed by atoms with Crippen LogP contribution >= 0.6 is 0 Å². The minimum atomic E-state index is -3.17. The number of rotatable bonds is 5. The van der Waals surface area contributed by atoms with Crippen LogP contribution in [0.1, 0.15) is 30.0 Å². The fraction of sp³-hybridized carbons (Fsp3) is 0.478. The number of hydrogen-bond donors (Lipinski definition) is 1. The number of benzene rings is 1. The highest BCUT2D eigenvalue weighted by molar-refractivity contribution is 7.88. The molecule has 1 aromatic carbocycles. The molecule has 2 aliphatic heterocycles. The summed E-state index contributed by atoms with van der Waals surface area (Å²) in [6, 6.07) is 9.84. The molecule has 0 bridgehead atoms. The van der Waals surface area contributed by atoms with E-state index in [1.807, 2.05) is 35.0 Å². The summed E-state index contributed by atoms with van der Waals surface area (Å²) in [5.74, 6) is 0.182. The van der Waals surface area contributed by atoms with Gasteiger partial charge in [-0.1, -0.05) is 18.2 Å². The average molecular weight is 472 g/mol. The zero-order valence-electron chi connectivity index (χ0n) is 18.7. The molecule has 2 fully saturated rings. The largest absolute Gasteiger partial charge is 0.392 e. The van der Waals surface area contributed by atoms with Gasteiger partial charge in [0.2, 0.25) is 10.0 Å². The van der Waals surface area contributed by atoms with E-state index in [4.69, 9.17) is 14.8 Å². The summed E-state index contributed by atoms with van der Waals surface area (Å²) < 4.78 is 32.9. The Balaban J connectivity index is 1.57. The molecular weight excluding hydrogens is 442 g/mol. The predicted molar refractivity (Wildman–Crippen MR) is 126 cm³/mol. The lowest BCUT2D eigenvalue weighted by Gasteiger charge is -2.30. The first-order valence-electron chi connectivity index (χ1n) is 11.3. The number of piperidine rings is 1. The first-order valence-corrected chi connectivity index (χ1v) is 13.2. The van der Waals surface area contributed by atoms with Gasteiger partial charge in [-0.15, -0.1) is 0 Å². The number of aliphatic hydroxyl groups excluding tert-OH is 1. The SMILES string of the molecule is CS(=O)(=O)N1CCC(c2cnc3c(N4CCOCC4)cc(-c4cccc(CO)c4)nn23)CC1. The van der Waals surface area contributed by atoms with Gasteiger partial charge >= 0.3 is 0 Å². The van der Waals surface area contributed by atoms with E-state index >= 15 is 0 Å². The van der Waals surface area contributed by atoms with Crippen molar-refractivity contribution in [1.82, 2.24) is 18.9 Å². The van der Waals surface area contributed by atoms with Crippen LogP contribution in [-0.4, -0.2) is 78.1 Å². The number of morpholine rings is 1. The molecule has 9 nitrogen and oxygen atoms in total. The van der Waals surface area contributed by atoms with Gasteiger partial charge in [-0.05, 0) is 30.5 Å². The molecule has 33 heavy (non-hydrogen) atoms. The van der Waals surface area contributed by atoms with E-state index in [1.54, 1.807) is 4.31 Å². The van der Waals surface area contributed by atoms with Gasteiger partial charge in [-0.25, -0.2) is 22.2 Å². The number of hydrogen-bond acceptors (Lipinski definition) is 7. The second-order valence-corrected chi connectivity index (χ2v) is 10.7. The Kier molecular flexibility index (Phi) is 6.09. The number of nitrogens with zero attached hydrogens (tertiary/aromatic N) is 5. The Morgan fingerprint density at radius 1 is 1.12 bits per heavy atom. The van der Waals surface area contributed by atoms with E-state index in [2.05, 4.69) is 11.0 Å².